The molecule has 2 aromatic rings. The minimum absolute atomic E-state index is 0.626. The van der Waals surface area contributed by atoms with Crippen molar-refractivity contribution in [1.29, 1.82) is 0 Å². The zero-order chi connectivity index (χ0) is 17.7. The maximum Gasteiger partial charge on any atom is 0.151 e. The molecule has 0 bridgehead atoms. The topological polar surface area (TPSA) is 55.1 Å². The Kier molecular flexibility index (Phi) is 11.7. The van der Waals surface area contributed by atoms with Crippen LogP contribution < -0.4 is 10.5 Å². The zero-order valence-electron chi connectivity index (χ0n) is 14.7. The minimum Gasteiger partial charge on any atom is -0.385 e. The van der Waals surface area contributed by atoms with Gasteiger partial charge in [-0.3, -0.25) is 9.93 Å². The van der Waals surface area contributed by atoms with Crippen molar-refractivity contribution in [3.63, 3.8) is 0 Å². The molecule has 3 N–H and O–H groups in total. The van der Waals surface area contributed by atoms with E-state index in [2.05, 4.69) is 12.2 Å². The van der Waals surface area contributed by atoms with Gasteiger partial charge < -0.3 is 5.32 Å². The molecule has 0 heterocycles. The van der Waals surface area contributed by atoms with E-state index in [-0.39, 0.29) is 0 Å². The largest absolute Gasteiger partial charge is 0.385 e. The van der Waals surface area contributed by atoms with Crippen LogP contribution in [-0.4, -0.2) is 12.8 Å². The summed E-state index contributed by atoms with van der Waals surface area (Å²) < 4.78 is 0. The molecule has 0 aliphatic carbocycles. The molecule has 0 aromatic heterocycles. The van der Waals surface area contributed by atoms with E-state index in [0.717, 1.165) is 46.5 Å². The summed E-state index contributed by atoms with van der Waals surface area (Å²) in [5.41, 5.74) is 3.75. The molecule has 4 heteroatoms. The lowest BCUT2D eigenvalue weighted by atomic mass is 10.0. The van der Waals surface area contributed by atoms with Crippen LogP contribution in [0.5, 0.6) is 0 Å². The van der Waals surface area contributed by atoms with Gasteiger partial charge in [-0.05, 0) is 42.1 Å². The fourth-order valence-corrected chi connectivity index (χ4v) is 2.54. The standard InChI is InChI=1S/C15H16N2OS.2C2H6/c1-2-17-13-8-6-11(7-9-13)14-5-3-4-12(10-18)15(14)19-16;2*1-2/h3-10,17H,2,16H2,1H3;2*1-2H3. The van der Waals surface area contributed by atoms with Crippen molar-refractivity contribution in [3.8, 4) is 11.1 Å². The molecule has 3 nitrogen and oxygen atoms in total. The molecule has 2 rings (SSSR count). The van der Waals surface area contributed by atoms with E-state index in [0.29, 0.717) is 5.56 Å². The molecule has 0 atom stereocenters. The first-order valence-electron chi connectivity index (χ1n) is 8.09. The van der Waals surface area contributed by atoms with Gasteiger partial charge in [-0.25, -0.2) is 0 Å². The highest BCUT2D eigenvalue weighted by Gasteiger charge is 2.09. The van der Waals surface area contributed by atoms with Gasteiger partial charge in [-0.1, -0.05) is 58.0 Å². The number of nitrogens with one attached hydrogen (secondary N) is 1. The SMILES string of the molecule is CC.CC.CCNc1ccc(-c2cccc(C=O)c2SN)cc1. The first kappa shape index (κ1) is 21.2. The van der Waals surface area contributed by atoms with E-state index in [4.69, 9.17) is 5.14 Å². The normalized spacial score (nSPS) is 8.96. The highest BCUT2D eigenvalue weighted by molar-refractivity contribution is 7.97. The minimum atomic E-state index is 0.626. The first-order chi connectivity index (χ1) is 11.3. The van der Waals surface area contributed by atoms with E-state index in [1.807, 2.05) is 64.1 Å². The Labute approximate surface area is 144 Å². The van der Waals surface area contributed by atoms with Crippen LogP contribution in [0, 0.1) is 0 Å². The summed E-state index contributed by atoms with van der Waals surface area (Å²) in [6, 6.07) is 13.7. The van der Waals surface area contributed by atoms with Crippen LogP contribution in [0.25, 0.3) is 11.1 Å². The van der Waals surface area contributed by atoms with E-state index >= 15 is 0 Å². The number of carbonyl (C=O) groups is 1. The molecule has 0 fully saturated rings. The predicted molar refractivity (Wildman–Crippen MR) is 104 cm³/mol. The van der Waals surface area contributed by atoms with E-state index in [1.165, 1.54) is 0 Å². The van der Waals surface area contributed by atoms with E-state index < -0.39 is 0 Å². The smallest absolute Gasteiger partial charge is 0.151 e. The third-order valence-electron chi connectivity index (χ3n) is 2.87. The highest BCUT2D eigenvalue weighted by atomic mass is 32.2. The van der Waals surface area contributed by atoms with Crippen molar-refractivity contribution in [2.75, 3.05) is 11.9 Å². The highest BCUT2D eigenvalue weighted by Crippen LogP contribution is 2.31. The lowest BCUT2D eigenvalue weighted by Gasteiger charge is -2.10. The van der Waals surface area contributed by atoms with Gasteiger partial charge in [-0.15, -0.1) is 0 Å². The fraction of sp³-hybridized carbons (Fsp3) is 0.316. The van der Waals surface area contributed by atoms with Crippen LogP contribution in [0.15, 0.2) is 47.4 Å². The average molecular weight is 333 g/mol. The van der Waals surface area contributed by atoms with Gasteiger partial charge in [0.15, 0.2) is 6.29 Å². The molecular weight excluding hydrogens is 304 g/mol. The number of anilines is 1. The van der Waals surface area contributed by atoms with Gasteiger partial charge in [0, 0.05) is 22.7 Å². The molecule has 23 heavy (non-hydrogen) atoms. The average Bonchev–Trinajstić information content (AvgIpc) is 2.65. The summed E-state index contributed by atoms with van der Waals surface area (Å²) in [6.07, 6.45) is 0.839. The van der Waals surface area contributed by atoms with Gasteiger partial charge in [0.2, 0.25) is 0 Å². The Morgan fingerprint density at radius 1 is 1.04 bits per heavy atom. The van der Waals surface area contributed by atoms with Crippen molar-refractivity contribution in [3.05, 3.63) is 48.0 Å². The van der Waals surface area contributed by atoms with Gasteiger partial charge in [-0.2, -0.15) is 0 Å². The summed E-state index contributed by atoms with van der Waals surface area (Å²) in [4.78, 5) is 11.8. The molecule has 0 aliphatic rings. The van der Waals surface area contributed by atoms with Crippen molar-refractivity contribution < 1.29 is 4.79 Å². The fourth-order valence-electron chi connectivity index (χ4n) is 1.98. The van der Waals surface area contributed by atoms with Gasteiger partial charge >= 0.3 is 0 Å². The lowest BCUT2D eigenvalue weighted by molar-refractivity contribution is 0.112. The monoisotopic (exact) mass is 332 g/mol. The molecule has 0 saturated heterocycles. The maximum absolute atomic E-state index is 11.0. The number of hydrogen-bond donors (Lipinski definition) is 2. The summed E-state index contributed by atoms with van der Waals surface area (Å²) in [7, 11) is 0. The van der Waals surface area contributed by atoms with Crippen LogP contribution >= 0.6 is 11.9 Å². The van der Waals surface area contributed by atoms with E-state index in [1.54, 1.807) is 6.07 Å². The van der Waals surface area contributed by atoms with Crippen LogP contribution in [0.2, 0.25) is 0 Å². The Hall–Kier alpha value is -1.78. The summed E-state index contributed by atoms with van der Waals surface area (Å²) in [5, 5.41) is 8.94. The maximum atomic E-state index is 11.0. The number of carbonyl (C=O) groups excluding carboxylic acids is 1. The van der Waals surface area contributed by atoms with E-state index in [9.17, 15) is 4.79 Å². The number of nitrogens with two attached hydrogens (primary N) is 1. The number of rotatable bonds is 5. The molecule has 0 saturated carbocycles. The third-order valence-corrected chi connectivity index (χ3v) is 3.56. The first-order valence-corrected chi connectivity index (χ1v) is 8.97. The Bertz CT molecular complexity index is 568. The molecule has 0 unspecified atom stereocenters. The number of aldehydes is 1. The summed E-state index contributed by atoms with van der Waals surface area (Å²) in [6.45, 7) is 11.0. The molecule has 0 spiro atoms. The molecule has 126 valence electrons. The second-order valence-electron chi connectivity index (χ2n) is 4.07. The molecule has 0 radical (unpaired) electrons. The van der Waals surface area contributed by atoms with Gasteiger partial charge in [0.05, 0.1) is 0 Å². The van der Waals surface area contributed by atoms with Crippen LogP contribution in [-0.2, 0) is 0 Å². The van der Waals surface area contributed by atoms with Gasteiger partial charge in [0.1, 0.15) is 0 Å². The van der Waals surface area contributed by atoms with Crippen LogP contribution in [0.3, 0.4) is 0 Å². The van der Waals surface area contributed by atoms with Crippen LogP contribution in [0.1, 0.15) is 45.0 Å². The molecular formula is C19H28N2OS. The molecule has 0 aliphatic heterocycles. The van der Waals surface area contributed by atoms with Crippen molar-refractivity contribution in [2.45, 2.75) is 39.5 Å². The Morgan fingerprint density at radius 2 is 1.65 bits per heavy atom. The quantitative estimate of drug-likeness (QED) is 0.551. The van der Waals surface area contributed by atoms with Crippen molar-refractivity contribution in [1.82, 2.24) is 0 Å². The Balaban J connectivity index is 0.00000112. The second kappa shape index (κ2) is 12.7. The Morgan fingerprint density at radius 3 is 2.13 bits per heavy atom. The summed E-state index contributed by atoms with van der Waals surface area (Å²) in [5.74, 6) is 0. The molecule has 2 aromatic carbocycles. The lowest BCUT2D eigenvalue weighted by Crippen LogP contribution is -1.96. The van der Waals surface area contributed by atoms with Crippen molar-refractivity contribution >= 4 is 23.9 Å². The number of benzene rings is 2. The van der Waals surface area contributed by atoms with Crippen LogP contribution in [0.4, 0.5) is 5.69 Å². The zero-order valence-corrected chi connectivity index (χ0v) is 15.5. The van der Waals surface area contributed by atoms with Crippen molar-refractivity contribution in [2.24, 2.45) is 5.14 Å². The predicted octanol–water partition coefficient (Wildman–Crippen LogP) is 5.62. The van der Waals surface area contributed by atoms with Gasteiger partial charge in [0.25, 0.3) is 0 Å². The molecule has 0 amide bonds. The summed E-state index contributed by atoms with van der Waals surface area (Å²) >= 11 is 1.11. The number of hydrogen-bond acceptors (Lipinski definition) is 4. The second-order valence-corrected chi connectivity index (χ2v) is 4.71. The third kappa shape index (κ3) is 6.08.